The van der Waals surface area contributed by atoms with E-state index >= 15 is 0 Å². The van der Waals surface area contributed by atoms with E-state index in [4.69, 9.17) is 28.0 Å². The molecule has 8 heteroatoms. The van der Waals surface area contributed by atoms with E-state index in [9.17, 15) is 14.0 Å². The number of imide groups is 1. The minimum absolute atomic E-state index is 0.235. The largest absolute Gasteiger partial charge is 0.273 e. The fraction of sp³-hybridized carbons (Fsp3) is 0.130. The number of hydrogen-bond donors (Lipinski definition) is 0. The highest BCUT2D eigenvalue weighted by Crippen LogP contribution is 2.47. The second kappa shape index (κ2) is 7.64. The van der Waals surface area contributed by atoms with Crippen LogP contribution in [0.15, 0.2) is 72.8 Å². The van der Waals surface area contributed by atoms with E-state index in [0.29, 0.717) is 22.0 Å². The number of para-hydroxylation sites is 1. The van der Waals surface area contributed by atoms with Crippen molar-refractivity contribution in [2.75, 3.05) is 9.96 Å². The second-order valence-corrected chi connectivity index (χ2v) is 8.13. The molecule has 2 aliphatic heterocycles. The molecule has 0 spiro atoms. The van der Waals surface area contributed by atoms with Crippen molar-refractivity contribution in [1.29, 1.82) is 0 Å². The van der Waals surface area contributed by atoms with Crippen molar-refractivity contribution in [2.24, 2.45) is 5.92 Å². The van der Waals surface area contributed by atoms with E-state index < -0.39 is 35.7 Å². The lowest BCUT2D eigenvalue weighted by atomic mass is 9.90. The molecule has 0 saturated carbocycles. The lowest BCUT2D eigenvalue weighted by Crippen LogP contribution is -2.37. The molecule has 5 rings (SSSR count). The summed E-state index contributed by atoms with van der Waals surface area (Å²) in [6, 6.07) is 19.0. The van der Waals surface area contributed by atoms with Gasteiger partial charge in [0, 0.05) is 0 Å². The molecule has 3 aromatic rings. The zero-order valence-corrected chi connectivity index (χ0v) is 17.4. The van der Waals surface area contributed by atoms with Crippen LogP contribution in [0.3, 0.4) is 0 Å². The van der Waals surface area contributed by atoms with E-state index in [1.807, 2.05) is 30.3 Å². The van der Waals surface area contributed by atoms with Crippen LogP contribution in [0.1, 0.15) is 11.6 Å². The number of anilines is 2. The van der Waals surface area contributed by atoms with E-state index in [-0.39, 0.29) is 5.02 Å². The maximum Gasteiger partial charge on any atom is 0.266 e. The molecule has 2 heterocycles. The maximum absolute atomic E-state index is 13.6. The van der Waals surface area contributed by atoms with Crippen molar-refractivity contribution in [2.45, 2.75) is 12.1 Å². The minimum Gasteiger partial charge on any atom is -0.273 e. The molecule has 3 unspecified atom stereocenters. The van der Waals surface area contributed by atoms with Crippen molar-refractivity contribution in [3.8, 4) is 0 Å². The van der Waals surface area contributed by atoms with Gasteiger partial charge in [-0.3, -0.25) is 14.4 Å². The van der Waals surface area contributed by atoms with Gasteiger partial charge < -0.3 is 0 Å². The normalized spacial score (nSPS) is 22.9. The first kappa shape index (κ1) is 20.0. The Morgan fingerprint density at radius 3 is 2.19 bits per heavy atom. The molecule has 0 radical (unpaired) electrons. The summed E-state index contributed by atoms with van der Waals surface area (Å²) in [5.74, 6) is -2.11. The molecular weight excluding hydrogens is 442 g/mol. The Labute approximate surface area is 187 Å². The molecule has 31 heavy (non-hydrogen) atoms. The first-order valence-electron chi connectivity index (χ1n) is 9.55. The minimum atomic E-state index is -1.02. The first-order valence-corrected chi connectivity index (χ1v) is 10.3. The van der Waals surface area contributed by atoms with E-state index in [0.717, 1.165) is 4.90 Å². The Hall–Kier alpha value is -2.93. The summed E-state index contributed by atoms with van der Waals surface area (Å²) < 4.78 is 13.6. The van der Waals surface area contributed by atoms with Gasteiger partial charge in [0.25, 0.3) is 5.91 Å². The number of carbonyl (C=O) groups excluding carboxylic acids is 2. The monoisotopic (exact) mass is 456 g/mol. The van der Waals surface area contributed by atoms with Crippen LogP contribution in [-0.4, -0.2) is 17.9 Å². The van der Waals surface area contributed by atoms with Crippen LogP contribution in [0.5, 0.6) is 0 Å². The maximum atomic E-state index is 13.6. The summed E-state index contributed by atoms with van der Waals surface area (Å²) in [5.41, 5.74) is 1.68. The van der Waals surface area contributed by atoms with Crippen LogP contribution >= 0.6 is 23.2 Å². The van der Waals surface area contributed by atoms with Crippen LogP contribution in [0.4, 0.5) is 15.8 Å². The smallest absolute Gasteiger partial charge is 0.266 e. The third-order valence-corrected chi connectivity index (χ3v) is 6.24. The molecule has 5 nitrogen and oxygen atoms in total. The van der Waals surface area contributed by atoms with Gasteiger partial charge in [0.05, 0.1) is 27.5 Å². The number of carbonyl (C=O) groups is 2. The van der Waals surface area contributed by atoms with Crippen molar-refractivity contribution in [3.63, 3.8) is 0 Å². The summed E-state index contributed by atoms with van der Waals surface area (Å²) in [6.45, 7) is 0. The number of benzene rings is 3. The van der Waals surface area contributed by atoms with Gasteiger partial charge in [-0.15, -0.1) is 0 Å². The Morgan fingerprint density at radius 1 is 0.806 bits per heavy atom. The van der Waals surface area contributed by atoms with Crippen molar-refractivity contribution in [3.05, 3.63) is 94.2 Å². The predicted molar refractivity (Wildman–Crippen MR) is 115 cm³/mol. The summed E-state index contributed by atoms with van der Waals surface area (Å²) >= 11 is 12.1. The standard InChI is InChI=1S/C23H15Cl2FN2O3/c24-17-11-10-16(12-18(17)25)27-22(29)19-20(13-6-8-14(26)9-7-13)28(31-21(19)23(27)30)15-4-2-1-3-5-15/h1-12,19-21H. The molecular formula is C23H15Cl2FN2O3. The Bertz CT molecular complexity index is 1170. The van der Waals surface area contributed by atoms with Crippen LogP contribution in [0.2, 0.25) is 10.0 Å². The van der Waals surface area contributed by atoms with Gasteiger partial charge in [0.1, 0.15) is 11.7 Å². The van der Waals surface area contributed by atoms with Crippen LogP contribution < -0.4 is 9.96 Å². The highest BCUT2D eigenvalue weighted by Gasteiger charge is 2.60. The van der Waals surface area contributed by atoms with Crippen molar-refractivity contribution >= 4 is 46.4 Å². The molecule has 2 aliphatic rings. The number of hydroxylamine groups is 1. The lowest BCUT2D eigenvalue weighted by Gasteiger charge is -2.28. The van der Waals surface area contributed by atoms with Gasteiger partial charge in [-0.25, -0.2) is 14.4 Å². The predicted octanol–water partition coefficient (Wildman–Crippen LogP) is 5.18. The van der Waals surface area contributed by atoms with Crippen molar-refractivity contribution < 1.29 is 18.8 Å². The fourth-order valence-electron chi connectivity index (χ4n) is 4.09. The zero-order valence-electron chi connectivity index (χ0n) is 15.9. The molecule has 0 N–H and O–H groups in total. The average Bonchev–Trinajstić information content (AvgIpc) is 3.28. The van der Waals surface area contributed by atoms with E-state index in [2.05, 4.69) is 0 Å². The molecule has 0 bridgehead atoms. The van der Waals surface area contributed by atoms with E-state index in [1.165, 1.54) is 24.3 Å². The Morgan fingerprint density at radius 2 is 1.52 bits per heavy atom. The molecule has 0 aromatic heterocycles. The quantitative estimate of drug-likeness (QED) is 0.509. The number of fused-ring (bicyclic) bond motifs is 1. The number of nitrogens with zero attached hydrogens (tertiary/aromatic N) is 2. The lowest BCUT2D eigenvalue weighted by molar-refractivity contribution is -0.126. The molecule has 0 aliphatic carbocycles. The van der Waals surface area contributed by atoms with Gasteiger partial charge in [0.2, 0.25) is 5.91 Å². The first-order chi connectivity index (χ1) is 15.0. The molecule has 156 valence electrons. The van der Waals surface area contributed by atoms with Gasteiger partial charge in [-0.2, -0.15) is 0 Å². The van der Waals surface area contributed by atoms with Crippen LogP contribution in [0, 0.1) is 11.7 Å². The van der Waals surface area contributed by atoms with Gasteiger partial charge in [-0.1, -0.05) is 53.5 Å². The van der Waals surface area contributed by atoms with Gasteiger partial charge in [0.15, 0.2) is 6.10 Å². The van der Waals surface area contributed by atoms with Gasteiger partial charge in [-0.05, 0) is 48.0 Å². The summed E-state index contributed by atoms with van der Waals surface area (Å²) in [4.78, 5) is 33.8. The second-order valence-electron chi connectivity index (χ2n) is 7.32. The molecule has 2 saturated heterocycles. The highest BCUT2D eigenvalue weighted by molar-refractivity contribution is 6.42. The Balaban J connectivity index is 1.58. The van der Waals surface area contributed by atoms with Gasteiger partial charge >= 0.3 is 0 Å². The van der Waals surface area contributed by atoms with Crippen molar-refractivity contribution in [1.82, 2.24) is 0 Å². The third kappa shape index (κ3) is 3.28. The topological polar surface area (TPSA) is 49.9 Å². The fourth-order valence-corrected chi connectivity index (χ4v) is 4.38. The zero-order chi connectivity index (χ0) is 21.7. The molecule has 2 amide bonds. The molecule has 2 fully saturated rings. The SMILES string of the molecule is O=C1C2ON(c3ccccc3)C(c3ccc(F)cc3)C2C(=O)N1c1ccc(Cl)c(Cl)c1. The highest BCUT2D eigenvalue weighted by atomic mass is 35.5. The number of rotatable bonds is 3. The number of halogens is 3. The van der Waals surface area contributed by atoms with Crippen LogP contribution in [-0.2, 0) is 14.4 Å². The third-order valence-electron chi connectivity index (χ3n) is 5.50. The average molecular weight is 457 g/mol. The summed E-state index contributed by atoms with van der Waals surface area (Å²) in [6.07, 6.45) is -1.02. The molecule has 3 atom stereocenters. The van der Waals surface area contributed by atoms with Crippen LogP contribution in [0.25, 0.3) is 0 Å². The summed E-state index contributed by atoms with van der Waals surface area (Å²) in [7, 11) is 0. The number of amides is 2. The Kier molecular flexibility index (Phi) is 4.93. The summed E-state index contributed by atoms with van der Waals surface area (Å²) in [5, 5.41) is 2.11. The molecule has 3 aromatic carbocycles. The van der Waals surface area contributed by atoms with E-state index in [1.54, 1.807) is 23.3 Å². The number of hydrogen-bond acceptors (Lipinski definition) is 4.